The van der Waals surface area contributed by atoms with Gasteiger partial charge in [-0.2, -0.15) is 0 Å². The van der Waals surface area contributed by atoms with Gasteiger partial charge in [0, 0.05) is 13.5 Å². The first-order chi connectivity index (χ1) is 6.69. The Bertz CT molecular complexity index is 200. The van der Waals surface area contributed by atoms with E-state index in [9.17, 15) is 4.79 Å². The minimum Gasteiger partial charge on any atom is -0.467 e. The number of esters is 1. The van der Waals surface area contributed by atoms with Crippen molar-refractivity contribution in [3.63, 3.8) is 0 Å². The number of carbonyl (C=O) groups is 1. The summed E-state index contributed by atoms with van der Waals surface area (Å²) in [5.41, 5.74) is 0. The minimum atomic E-state index is -0.694. The molecule has 0 heterocycles. The standard InChI is InChI=1S/C10H16O4/c1-5-7-8(10(11)13-4)14-9(6-2)12-3/h5-6,8-9H,1-2,7H2,3-4H3. The average Bonchev–Trinajstić information content (AvgIpc) is 2.23. The fourth-order valence-electron chi connectivity index (χ4n) is 0.859. The van der Waals surface area contributed by atoms with E-state index in [4.69, 9.17) is 9.47 Å². The van der Waals surface area contributed by atoms with E-state index in [-0.39, 0.29) is 0 Å². The summed E-state index contributed by atoms with van der Waals surface area (Å²) in [6.45, 7) is 7.02. The van der Waals surface area contributed by atoms with Crippen LogP contribution in [0.2, 0.25) is 0 Å². The highest BCUT2D eigenvalue weighted by Crippen LogP contribution is 2.07. The number of ether oxygens (including phenoxy) is 3. The van der Waals surface area contributed by atoms with Crippen molar-refractivity contribution in [3.05, 3.63) is 25.3 Å². The van der Waals surface area contributed by atoms with E-state index in [1.54, 1.807) is 6.08 Å². The van der Waals surface area contributed by atoms with Gasteiger partial charge in [0.25, 0.3) is 0 Å². The topological polar surface area (TPSA) is 44.8 Å². The summed E-state index contributed by atoms with van der Waals surface area (Å²) in [6, 6.07) is 0. The normalized spacial score (nSPS) is 14.1. The Morgan fingerprint density at radius 3 is 2.43 bits per heavy atom. The van der Waals surface area contributed by atoms with E-state index in [0.29, 0.717) is 6.42 Å². The summed E-state index contributed by atoms with van der Waals surface area (Å²) in [5.74, 6) is -0.450. The highest BCUT2D eigenvalue weighted by Gasteiger charge is 2.21. The highest BCUT2D eigenvalue weighted by atomic mass is 16.7. The van der Waals surface area contributed by atoms with Crippen LogP contribution in [0.1, 0.15) is 6.42 Å². The van der Waals surface area contributed by atoms with Gasteiger partial charge in [0.1, 0.15) is 0 Å². The molecule has 0 aromatic heterocycles. The van der Waals surface area contributed by atoms with E-state index in [1.165, 1.54) is 20.3 Å². The van der Waals surface area contributed by atoms with Crippen molar-refractivity contribution in [1.29, 1.82) is 0 Å². The SMILES string of the molecule is C=CCC(OC(C=C)OC)C(=O)OC. The first-order valence-electron chi connectivity index (χ1n) is 4.19. The van der Waals surface area contributed by atoms with E-state index in [1.807, 2.05) is 0 Å². The van der Waals surface area contributed by atoms with E-state index >= 15 is 0 Å². The summed E-state index contributed by atoms with van der Waals surface area (Å²) in [5, 5.41) is 0. The second-order valence-corrected chi connectivity index (χ2v) is 2.51. The Kier molecular flexibility index (Phi) is 6.70. The molecular formula is C10H16O4. The van der Waals surface area contributed by atoms with Crippen molar-refractivity contribution in [2.45, 2.75) is 18.8 Å². The summed E-state index contributed by atoms with van der Waals surface area (Å²) in [7, 11) is 2.77. The third-order valence-electron chi connectivity index (χ3n) is 1.57. The lowest BCUT2D eigenvalue weighted by Crippen LogP contribution is -2.30. The number of rotatable bonds is 7. The van der Waals surface area contributed by atoms with Crippen LogP contribution in [0.25, 0.3) is 0 Å². The second-order valence-electron chi connectivity index (χ2n) is 2.51. The highest BCUT2D eigenvalue weighted by molar-refractivity contribution is 5.74. The van der Waals surface area contributed by atoms with Gasteiger partial charge in [-0.3, -0.25) is 0 Å². The van der Waals surface area contributed by atoms with Crippen molar-refractivity contribution < 1.29 is 19.0 Å². The lowest BCUT2D eigenvalue weighted by Gasteiger charge is -2.18. The zero-order chi connectivity index (χ0) is 11.0. The molecule has 0 spiro atoms. The molecule has 0 radical (unpaired) electrons. The van der Waals surface area contributed by atoms with Gasteiger partial charge in [-0.05, 0) is 6.08 Å². The number of carbonyl (C=O) groups excluding carboxylic acids is 1. The molecule has 0 fully saturated rings. The van der Waals surface area contributed by atoms with Gasteiger partial charge in [-0.25, -0.2) is 4.79 Å². The largest absolute Gasteiger partial charge is 0.467 e. The maximum atomic E-state index is 11.2. The van der Waals surface area contributed by atoms with Crippen LogP contribution in [-0.2, 0) is 19.0 Å². The van der Waals surface area contributed by atoms with Crippen molar-refractivity contribution in [2.24, 2.45) is 0 Å². The molecule has 0 N–H and O–H groups in total. The smallest absolute Gasteiger partial charge is 0.335 e. The van der Waals surface area contributed by atoms with Crippen LogP contribution in [0.4, 0.5) is 0 Å². The van der Waals surface area contributed by atoms with Gasteiger partial charge < -0.3 is 14.2 Å². The average molecular weight is 200 g/mol. The lowest BCUT2D eigenvalue weighted by atomic mass is 10.2. The first kappa shape index (κ1) is 12.9. The van der Waals surface area contributed by atoms with Crippen LogP contribution >= 0.6 is 0 Å². The summed E-state index contributed by atoms with van der Waals surface area (Å²) < 4.78 is 14.7. The fraction of sp³-hybridized carbons (Fsp3) is 0.500. The van der Waals surface area contributed by atoms with Gasteiger partial charge in [0.15, 0.2) is 12.4 Å². The maximum Gasteiger partial charge on any atom is 0.335 e. The molecule has 0 amide bonds. The third-order valence-corrected chi connectivity index (χ3v) is 1.57. The molecule has 0 bridgehead atoms. The number of hydrogen-bond donors (Lipinski definition) is 0. The molecule has 0 aliphatic rings. The van der Waals surface area contributed by atoms with Crippen molar-refractivity contribution >= 4 is 5.97 Å². The molecule has 2 atom stereocenters. The van der Waals surface area contributed by atoms with Crippen LogP contribution in [0.3, 0.4) is 0 Å². The van der Waals surface area contributed by atoms with Crippen LogP contribution in [0, 0.1) is 0 Å². The zero-order valence-corrected chi connectivity index (χ0v) is 8.56. The molecule has 0 rings (SSSR count). The lowest BCUT2D eigenvalue weighted by molar-refractivity contribution is -0.173. The van der Waals surface area contributed by atoms with Crippen LogP contribution in [0.15, 0.2) is 25.3 Å². The Labute approximate surface area is 84.1 Å². The van der Waals surface area contributed by atoms with E-state index < -0.39 is 18.4 Å². The van der Waals surface area contributed by atoms with Gasteiger partial charge in [0.2, 0.25) is 0 Å². The van der Waals surface area contributed by atoms with Gasteiger partial charge in [-0.1, -0.05) is 12.7 Å². The molecule has 0 aromatic carbocycles. The molecule has 14 heavy (non-hydrogen) atoms. The second kappa shape index (κ2) is 7.29. The Morgan fingerprint density at radius 2 is 2.07 bits per heavy atom. The van der Waals surface area contributed by atoms with Crippen molar-refractivity contribution in [3.8, 4) is 0 Å². The molecule has 80 valence electrons. The fourth-order valence-corrected chi connectivity index (χ4v) is 0.859. The predicted molar refractivity (Wildman–Crippen MR) is 52.7 cm³/mol. The van der Waals surface area contributed by atoms with Gasteiger partial charge >= 0.3 is 5.97 Å². The molecule has 0 aromatic rings. The maximum absolute atomic E-state index is 11.2. The van der Waals surface area contributed by atoms with Crippen LogP contribution in [-0.4, -0.2) is 32.6 Å². The van der Waals surface area contributed by atoms with Crippen molar-refractivity contribution in [2.75, 3.05) is 14.2 Å². The zero-order valence-electron chi connectivity index (χ0n) is 8.56. The van der Waals surface area contributed by atoms with E-state index in [2.05, 4.69) is 17.9 Å². The number of hydrogen-bond acceptors (Lipinski definition) is 4. The van der Waals surface area contributed by atoms with Crippen LogP contribution in [0.5, 0.6) is 0 Å². The monoisotopic (exact) mass is 200 g/mol. The molecule has 0 saturated heterocycles. The molecule has 4 nitrogen and oxygen atoms in total. The molecular weight excluding hydrogens is 184 g/mol. The minimum absolute atomic E-state index is 0.375. The summed E-state index contributed by atoms with van der Waals surface area (Å²) in [6.07, 6.45) is 2.11. The summed E-state index contributed by atoms with van der Waals surface area (Å²) >= 11 is 0. The van der Waals surface area contributed by atoms with Crippen molar-refractivity contribution in [1.82, 2.24) is 0 Å². The quantitative estimate of drug-likeness (QED) is 0.353. The first-order valence-corrected chi connectivity index (χ1v) is 4.19. The van der Waals surface area contributed by atoms with Crippen LogP contribution < -0.4 is 0 Å². The molecule has 4 heteroatoms. The predicted octanol–water partition coefficient (Wildman–Crippen LogP) is 1.28. The summed E-state index contributed by atoms with van der Waals surface area (Å²) in [4.78, 5) is 11.2. The Morgan fingerprint density at radius 1 is 1.43 bits per heavy atom. The Hall–Kier alpha value is -1.13. The number of methoxy groups -OCH3 is 2. The third kappa shape index (κ3) is 4.20. The van der Waals surface area contributed by atoms with Gasteiger partial charge in [0.05, 0.1) is 7.11 Å². The van der Waals surface area contributed by atoms with Gasteiger partial charge in [-0.15, -0.1) is 6.58 Å². The molecule has 0 aliphatic carbocycles. The molecule has 2 unspecified atom stereocenters. The Balaban J connectivity index is 4.26. The molecule has 0 saturated carbocycles. The molecule has 0 aliphatic heterocycles. The van der Waals surface area contributed by atoms with E-state index in [0.717, 1.165) is 0 Å².